The van der Waals surface area contributed by atoms with Crippen molar-refractivity contribution in [3.05, 3.63) is 47.0 Å². The zero-order valence-corrected chi connectivity index (χ0v) is 9.79. The van der Waals surface area contributed by atoms with Crippen LogP contribution in [-0.4, -0.2) is 0 Å². The van der Waals surface area contributed by atoms with E-state index in [-0.39, 0.29) is 0 Å². The Labute approximate surface area is 94.7 Å². The zero-order chi connectivity index (χ0) is 11.3. The molecular weight excluding hydrogens is 196 g/mol. The number of fused-ring (bicyclic) bond motifs is 3. The normalized spacial score (nSPS) is 11.4. The molecule has 0 aliphatic carbocycles. The van der Waals surface area contributed by atoms with Gasteiger partial charge in [-0.05, 0) is 49.6 Å². The highest BCUT2D eigenvalue weighted by Crippen LogP contribution is 2.33. The molecular formula is C15H14O. The van der Waals surface area contributed by atoms with Gasteiger partial charge in [0.05, 0.1) is 0 Å². The Balaban J connectivity index is 2.60. The van der Waals surface area contributed by atoms with Gasteiger partial charge in [-0.15, -0.1) is 0 Å². The third-order valence-electron chi connectivity index (χ3n) is 3.49. The quantitative estimate of drug-likeness (QED) is 0.532. The van der Waals surface area contributed by atoms with Crippen LogP contribution in [0.1, 0.15) is 16.7 Å². The Bertz CT molecular complexity index is 689. The van der Waals surface area contributed by atoms with Crippen LogP contribution >= 0.6 is 0 Å². The Kier molecular flexibility index (Phi) is 1.84. The first kappa shape index (κ1) is 9.46. The van der Waals surface area contributed by atoms with Crippen LogP contribution in [0.5, 0.6) is 0 Å². The highest BCUT2D eigenvalue weighted by molar-refractivity contribution is 6.06. The molecule has 0 saturated carbocycles. The molecule has 2 aromatic carbocycles. The summed E-state index contributed by atoms with van der Waals surface area (Å²) >= 11 is 0. The van der Waals surface area contributed by atoms with Crippen LogP contribution in [0.3, 0.4) is 0 Å². The molecule has 0 saturated heterocycles. The molecule has 0 unspecified atom stereocenters. The van der Waals surface area contributed by atoms with Gasteiger partial charge < -0.3 is 4.42 Å². The lowest BCUT2D eigenvalue weighted by molar-refractivity contribution is 0.665. The summed E-state index contributed by atoms with van der Waals surface area (Å²) < 4.78 is 5.92. The van der Waals surface area contributed by atoms with E-state index in [1.54, 1.807) is 0 Å². The summed E-state index contributed by atoms with van der Waals surface area (Å²) in [7, 11) is 0. The largest absolute Gasteiger partial charge is 0.456 e. The number of rotatable bonds is 0. The average molecular weight is 210 g/mol. The van der Waals surface area contributed by atoms with Gasteiger partial charge in [0.25, 0.3) is 0 Å². The van der Waals surface area contributed by atoms with Gasteiger partial charge in [0, 0.05) is 10.8 Å². The molecule has 0 fully saturated rings. The highest BCUT2D eigenvalue weighted by Gasteiger charge is 2.11. The molecule has 0 atom stereocenters. The fourth-order valence-electron chi connectivity index (χ4n) is 2.28. The van der Waals surface area contributed by atoms with E-state index >= 15 is 0 Å². The summed E-state index contributed by atoms with van der Waals surface area (Å²) in [6.45, 7) is 6.44. The monoisotopic (exact) mass is 210 g/mol. The molecule has 0 aliphatic heterocycles. The second-order valence-corrected chi connectivity index (χ2v) is 4.42. The molecule has 0 N–H and O–H groups in total. The van der Waals surface area contributed by atoms with Gasteiger partial charge >= 0.3 is 0 Å². The summed E-state index contributed by atoms with van der Waals surface area (Å²) in [4.78, 5) is 0. The third kappa shape index (κ3) is 1.12. The first-order valence-corrected chi connectivity index (χ1v) is 5.56. The predicted molar refractivity (Wildman–Crippen MR) is 67.9 cm³/mol. The van der Waals surface area contributed by atoms with E-state index in [0.717, 1.165) is 11.2 Å². The van der Waals surface area contributed by atoms with Gasteiger partial charge in [-0.2, -0.15) is 0 Å². The van der Waals surface area contributed by atoms with Gasteiger partial charge in [-0.25, -0.2) is 0 Å². The Morgan fingerprint density at radius 2 is 1.62 bits per heavy atom. The lowest BCUT2D eigenvalue weighted by Crippen LogP contribution is -1.86. The van der Waals surface area contributed by atoms with Crippen molar-refractivity contribution in [3.63, 3.8) is 0 Å². The van der Waals surface area contributed by atoms with Gasteiger partial charge in [0.15, 0.2) is 0 Å². The van der Waals surface area contributed by atoms with Crippen molar-refractivity contribution >= 4 is 21.9 Å². The molecule has 80 valence electrons. The summed E-state index contributed by atoms with van der Waals surface area (Å²) in [5.41, 5.74) is 5.92. The van der Waals surface area contributed by atoms with Crippen LogP contribution < -0.4 is 0 Å². The summed E-state index contributed by atoms with van der Waals surface area (Å²) in [5.74, 6) is 0. The number of aryl methyl sites for hydroxylation is 2. The van der Waals surface area contributed by atoms with Crippen LogP contribution in [0.25, 0.3) is 21.9 Å². The van der Waals surface area contributed by atoms with E-state index in [0.29, 0.717) is 0 Å². The predicted octanol–water partition coefficient (Wildman–Crippen LogP) is 4.51. The number of furan rings is 1. The topological polar surface area (TPSA) is 13.1 Å². The fraction of sp³-hybridized carbons (Fsp3) is 0.200. The maximum atomic E-state index is 5.92. The van der Waals surface area contributed by atoms with Crippen molar-refractivity contribution in [1.82, 2.24) is 0 Å². The number of benzene rings is 2. The number of hydrogen-bond acceptors (Lipinski definition) is 1. The van der Waals surface area contributed by atoms with E-state index in [2.05, 4.69) is 39.0 Å². The minimum Gasteiger partial charge on any atom is -0.456 e. The van der Waals surface area contributed by atoms with Crippen LogP contribution in [0, 0.1) is 20.8 Å². The molecule has 0 radical (unpaired) electrons. The van der Waals surface area contributed by atoms with Crippen molar-refractivity contribution in [2.24, 2.45) is 0 Å². The molecule has 1 heteroatoms. The summed E-state index contributed by atoms with van der Waals surface area (Å²) in [6, 6.07) is 10.4. The smallest absolute Gasteiger partial charge is 0.138 e. The van der Waals surface area contributed by atoms with Crippen LogP contribution in [0.2, 0.25) is 0 Å². The number of hydrogen-bond donors (Lipinski definition) is 0. The lowest BCUT2D eigenvalue weighted by Gasteiger charge is -2.04. The molecule has 1 aromatic heterocycles. The van der Waals surface area contributed by atoms with Crippen molar-refractivity contribution in [2.45, 2.75) is 20.8 Å². The number of para-hydroxylation sites is 1. The van der Waals surface area contributed by atoms with E-state index in [4.69, 9.17) is 4.42 Å². The zero-order valence-electron chi connectivity index (χ0n) is 9.79. The molecule has 0 amide bonds. The van der Waals surface area contributed by atoms with Crippen molar-refractivity contribution in [2.75, 3.05) is 0 Å². The first-order chi connectivity index (χ1) is 7.68. The van der Waals surface area contributed by atoms with Crippen molar-refractivity contribution in [1.29, 1.82) is 0 Å². The van der Waals surface area contributed by atoms with Crippen molar-refractivity contribution < 1.29 is 4.42 Å². The molecule has 16 heavy (non-hydrogen) atoms. The van der Waals surface area contributed by atoms with Gasteiger partial charge in [-0.3, -0.25) is 0 Å². The Morgan fingerprint density at radius 3 is 2.44 bits per heavy atom. The Morgan fingerprint density at radius 1 is 0.875 bits per heavy atom. The minimum absolute atomic E-state index is 0.977. The van der Waals surface area contributed by atoms with Crippen LogP contribution in [-0.2, 0) is 0 Å². The lowest BCUT2D eigenvalue weighted by atomic mass is 10.0. The second kappa shape index (κ2) is 3.11. The first-order valence-electron chi connectivity index (χ1n) is 5.56. The molecule has 3 aromatic rings. The van der Waals surface area contributed by atoms with Crippen LogP contribution in [0.15, 0.2) is 34.7 Å². The fourth-order valence-corrected chi connectivity index (χ4v) is 2.28. The van der Waals surface area contributed by atoms with Gasteiger partial charge in [0.2, 0.25) is 0 Å². The van der Waals surface area contributed by atoms with E-state index in [1.807, 2.05) is 12.1 Å². The highest BCUT2D eigenvalue weighted by atomic mass is 16.3. The summed E-state index contributed by atoms with van der Waals surface area (Å²) in [5, 5.41) is 2.44. The van der Waals surface area contributed by atoms with Crippen LogP contribution in [0.4, 0.5) is 0 Å². The second-order valence-electron chi connectivity index (χ2n) is 4.42. The molecule has 0 aliphatic rings. The average Bonchev–Trinajstić information content (AvgIpc) is 2.65. The SMILES string of the molecule is Cc1cc2c(oc3ccccc32)c(C)c1C. The molecule has 1 nitrogen and oxygen atoms in total. The minimum atomic E-state index is 0.977. The maximum Gasteiger partial charge on any atom is 0.138 e. The van der Waals surface area contributed by atoms with Crippen molar-refractivity contribution in [3.8, 4) is 0 Å². The molecule has 0 bridgehead atoms. The Hall–Kier alpha value is -1.76. The van der Waals surface area contributed by atoms with E-state index in [9.17, 15) is 0 Å². The summed E-state index contributed by atoms with van der Waals surface area (Å²) in [6.07, 6.45) is 0. The third-order valence-corrected chi connectivity index (χ3v) is 3.49. The van der Waals surface area contributed by atoms with E-state index in [1.165, 1.54) is 27.5 Å². The molecule has 0 spiro atoms. The van der Waals surface area contributed by atoms with E-state index < -0.39 is 0 Å². The van der Waals surface area contributed by atoms with Gasteiger partial charge in [-0.1, -0.05) is 18.2 Å². The molecule has 1 heterocycles. The molecule has 3 rings (SSSR count). The van der Waals surface area contributed by atoms with Gasteiger partial charge in [0.1, 0.15) is 11.2 Å². The standard InChI is InChI=1S/C15H14O/c1-9-8-13-12-6-4-5-7-14(12)16-15(13)11(3)10(9)2/h4-8H,1-3H3. The maximum absolute atomic E-state index is 5.92.